The molecule has 21 heavy (non-hydrogen) atoms. The smallest absolute Gasteiger partial charge is 0.272 e. The van der Waals surface area contributed by atoms with Crippen LogP contribution in [0.15, 0.2) is 23.0 Å². The van der Waals surface area contributed by atoms with Crippen LogP contribution < -0.4 is 5.56 Å². The lowest BCUT2D eigenvalue weighted by Crippen LogP contribution is -2.14. The van der Waals surface area contributed by atoms with Crippen molar-refractivity contribution < 1.29 is 0 Å². The number of fused-ring (bicyclic) bond motifs is 1. The zero-order valence-corrected chi connectivity index (χ0v) is 13.2. The average molecular weight is 302 g/mol. The van der Waals surface area contributed by atoms with Gasteiger partial charge in [0.1, 0.15) is 0 Å². The Labute approximate surface area is 127 Å². The van der Waals surface area contributed by atoms with Crippen molar-refractivity contribution in [3.05, 3.63) is 56.1 Å². The summed E-state index contributed by atoms with van der Waals surface area (Å²) in [6.45, 7) is 7.82. The summed E-state index contributed by atoms with van der Waals surface area (Å²) >= 11 is 6.11. The number of aryl methyl sites for hydroxylation is 4. The van der Waals surface area contributed by atoms with E-state index in [2.05, 4.69) is 10.1 Å². The number of hydrogen-bond donors (Lipinski definition) is 1. The van der Waals surface area contributed by atoms with Crippen LogP contribution in [0.1, 0.15) is 22.5 Å². The van der Waals surface area contributed by atoms with E-state index in [0.29, 0.717) is 16.4 Å². The molecule has 0 amide bonds. The Balaban J connectivity index is 2.47. The van der Waals surface area contributed by atoms with E-state index >= 15 is 0 Å². The Morgan fingerprint density at radius 1 is 1.05 bits per heavy atom. The lowest BCUT2D eigenvalue weighted by atomic mass is 9.96. The first-order valence-electron chi connectivity index (χ1n) is 6.74. The van der Waals surface area contributed by atoms with Crippen molar-refractivity contribution in [1.82, 2.24) is 14.6 Å². The molecule has 4 nitrogen and oxygen atoms in total. The molecule has 108 valence electrons. The lowest BCUT2D eigenvalue weighted by Gasteiger charge is -2.10. The van der Waals surface area contributed by atoms with Gasteiger partial charge >= 0.3 is 0 Å². The molecule has 0 saturated heterocycles. The molecule has 2 heterocycles. The highest BCUT2D eigenvalue weighted by molar-refractivity contribution is 6.30. The molecule has 0 unspecified atom stereocenters. The van der Waals surface area contributed by atoms with Gasteiger partial charge in [-0.15, -0.1) is 0 Å². The van der Waals surface area contributed by atoms with Crippen LogP contribution in [-0.4, -0.2) is 14.6 Å². The number of halogens is 1. The molecule has 0 spiro atoms. The first-order valence-corrected chi connectivity index (χ1v) is 7.12. The summed E-state index contributed by atoms with van der Waals surface area (Å²) in [5.41, 5.74) is 6.36. The normalized spacial score (nSPS) is 11.3. The number of H-pyrrole nitrogens is 1. The van der Waals surface area contributed by atoms with Gasteiger partial charge < -0.3 is 0 Å². The zero-order valence-electron chi connectivity index (χ0n) is 12.4. The maximum absolute atomic E-state index is 12.1. The minimum absolute atomic E-state index is 0.101. The van der Waals surface area contributed by atoms with Gasteiger partial charge in [0.15, 0.2) is 5.65 Å². The Morgan fingerprint density at radius 2 is 1.67 bits per heavy atom. The molecule has 0 fully saturated rings. The molecule has 3 aromatic rings. The van der Waals surface area contributed by atoms with Gasteiger partial charge in [0.05, 0.1) is 0 Å². The summed E-state index contributed by atoms with van der Waals surface area (Å²) in [4.78, 5) is 16.6. The van der Waals surface area contributed by atoms with Crippen LogP contribution in [0, 0.1) is 27.7 Å². The number of aromatic amines is 1. The molecule has 3 rings (SSSR count). The molecular weight excluding hydrogens is 286 g/mol. The third-order valence-corrected chi connectivity index (χ3v) is 3.89. The van der Waals surface area contributed by atoms with E-state index < -0.39 is 0 Å². The predicted molar refractivity (Wildman–Crippen MR) is 85.2 cm³/mol. The summed E-state index contributed by atoms with van der Waals surface area (Å²) in [5, 5.41) is 3.81. The molecule has 0 aliphatic carbocycles. The molecule has 0 atom stereocenters. The zero-order chi connectivity index (χ0) is 15.3. The van der Waals surface area contributed by atoms with Crippen molar-refractivity contribution in [3.8, 4) is 11.1 Å². The topological polar surface area (TPSA) is 50.2 Å². The van der Waals surface area contributed by atoms with Crippen molar-refractivity contribution in [1.29, 1.82) is 0 Å². The van der Waals surface area contributed by atoms with Gasteiger partial charge in [-0.1, -0.05) is 11.6 Å². The Kier molecular flexibility index (Phi) is 3.14. The highest BCUT2D eigenvalue weighted by atomic mass is 35.5. The lowest BCUT2D eigenvalue weighted by molar-refractivity contribution is 0.873. The number of rotatable bonds is 1. The minimum Gasteiger partial charge on any atom is -0.293 e. The van der Waals surface area contributed by atoms with Crippen molar-refractivity contribution in [2.45, 2.75) is 27.7 Å². The SMILES string of the molecule is Cc1cc(=O)n2[nH]c(C)c(-c3c(C)cc(Cl)cc3C)c2n1. The Morgan fingerprint density at radius 3 is 2.29 bits per heavy atom. The molecule has 0 saturated carbocycles. The van der Waals surface area contributed by atoms with E-state index in [9.17, 15) is 4.79 Å². The molecule has 0 radical (unpaired) electrons. The highest BCUT2D eigenvalue weighted by Crippen LogP contribution is 2.34. The molecule has 0 bridgehead atoms. The van der Waals surface area contributed by atoms with E-state index in [4.69, 9.17) is 11.6 Å². The van der Waals surface area contributed by atoms with Gasteiger partial charge in [0, 0.05) is 28.0 Å². The fourth-order valence-electron chi connectivity index (χ4n) is 2.87. The van der Waals surface area contributed by atoms with Gasteiger partial charge in [-0.2, -0.15) is 0 Å². The number of benzene rings is 1. The first-order chi connectivity index (χ1) is 9.88. The summed E-state index contributed by atoms with van der Waals surface area (Å²) in [7, 11) is 0. The van der Waals surface area contributed by atoms with Gasteiger partial charge in [-0.3, -0.25) is 9.89 Å². The summed E-state index contributed by atoms with van der Waals surface area (Å²) in [5.74, 6) is 0. The van der Waals surface area contributed by atoms with Gasteiger partial charge in [0.25, 0.3) is 5.56 Å². The van der Waals surface area contributed by atoms with Crippen LogP contribution in [0.25, 0.3) is 16.8 Å². The predicted octanol–water partition coefficient (Wildman–Crippen LogP) is 3.58. The van der Waals surface area contributed by atoms with E-state index in [1.807, 2.05) is 39.8 Å². The van der Waals surface area contributed by atoms with E-state index in [1.54, 1.807) is 0 Å². The fourth-order valence-corrected chi connectivity index (χ4v) is 3.20. The van der Waals surface area contributed by atoms with Crippen molar-refractivity contribution >= 4 is 17.2 Å². The molecule has 1 aromatic carbocycles. The molecule has 0 aliphatic rings. The van der Waals surface area contributed by atoms with Crippen LogP contribution in [0.5, 0.6) is 0 Å². The number of nitrogens with zero attached hydrogens (tertiary/aromatic N) is 2. The standard InChI is InChI=1S/C16H16ClN3O/c1-8-5-12(17)6-9(2)14(8)15-11(4)19-20-13(21)7-10(3)18-16(15)20/h5-7,19H,1-4H3. The van der Waals surface area contributed by atoms with Gasteiger partial charge in [-0.05, 0) is 56.5 Å². The van der Waals surface area contributed by atoms with Crippen LogP contribution >= 0.6 is 11.6 Å². The van der Waals surface area contributed by atoms with Crippen molar-refractivity contribution in [3.63, 3.8) is 0 Å². The Hall–Kier alpha value is -2.07. The molecule has 2 aromatic heterocycles. The Bertz CT molecular complexity index is 898. The van der Waals surface area contributed by atoms with Crippen molar-refractivity contribution in [2.24, 2.45) is 0 Å². The number of nitrogens with one attached hydrogen (secondary N) is 1. The fraction of sp³-hybridized carbons (Fsp3) is 0.250. The molecule has 0 aliphatic heterocycles. The maximum Gasteiger partial charge on any atom is 0.272 e. The van der Waals surface area contributed by atoms with Crippen molar-refractivity contribution in [2.75, 3.05) is 0 Å². The highest BCUT2D eigenvalue weighted by Gasteiger charge is 2.17. The van der Waals surface area contributed by atoms with E-state index in [-0.39, 0.29) is 5.56 Å². The second-order valence-electron chi connectivity index (χ2n) is 5.42. The third kappa shape index (κ3) is 2.16. The number of aromatic nitrogens is 3. The maximum atomic E-state index is 12.1. The third-order valence-electron chi connectivity index (χ3n) is 3.67. The first kappa shape index (κ1) is 13.9. The van der Waals surface area contributed by atoms with Crippen LogP contribution in [-0.2, 0) is 0 Å². The minimum atomic E-state index is -0.101. The van der Waals surface area contributed by atoms with E-state index in [0.717, 1.165) is 27.9 Å². The van der Waals surface area contributed by atoms with Crippen LogP contribution in [0.4, 0.5) is 0 Å². The van der Waals surface area contributed by atoms with Gasteiger partial charge in [0.2, 0.25) is 0 Å². The summed E-state index contributed by atoms with van der Waals surface area (Å²) in [6.07, 6.45) is 0. The summed E-state index contributed by atoms with van der Waals surface area (Å²) < 4.78 is 1.49. The largest absolute Gasteiger partial charge is 0.293 e. The van der Waals surface area contributed by atoms with Crippen LogP contribution in [0.3, 0.4) is 0 Å². The van der Waals surface area contributed by atoms with Crippen LogP contribution in [0.2, 0.25) is 5.02 Å². The quantitative estimate of drug-likeness (QED) is 0.747. The molecule has 5 heteroatoms. The van der Waals surface area contributed by atoms with E-state index in [1.165, 1.54) is 10.6 Å². The average Bonchev–Trinajstić information content (AvgIpc) is 2.66. The second kappa shape index (κ2) is 4.74. The molecule has 1 N–H and O–H groups in total. The molecular formula is C16H16ClN3O. The number of hydrogen-bond acceptors (Lipinski definition) is 2. The second-order valence-corrected chi connectivity index (χ2v) is 5.86. The summed E-state index contributed by atoms with van der Waals surface area (Å²) in [6, 6.07) is 5.38. The monoisotopic (exact) mass is 301 g/mol. The van der Waals surface area contributed by atoms with Gasteiger partial charge in [-0.25, -0.2) is 9.50 Å².